The van der Waals surface area contributed by atoms with Gasteiger partial charge in [0, 0.05) is 22.8 Å². The summed E-state index contributed by atoms with van der Waals surface area (Å²) in [5.41, 5.74) is 2.64. The first-order valence-corrected chi connectivity index (χ1v) is 10.5. The number of carbonyl (C=O) groups excluding carboxylic acids is 1. The van der Waals surface area contributed by atoms with Gasteiger partial charge < -0.3 is 5.32 Å². The second-order valence-corrected chi connectivity index (χ2v) is 8.74. The van der Waals surface area contributed by atoms with Crippen LogP contribution in [0.4, 0.5) is 11.4 Å². The normalized spacial score (nSPS) is 13.2. The number of hydrogen-bond acceptors (Lipinski definition) is 3. The van der Waals surface area contributed by atoms with Crippen molar-refractivity contribution in [3.63, 3.8) is 0 Å². The second kappa shape index (κ2) is 7.30. The predicted octanol–water partition coefficient (Wildman–Crippen LogP) is 4.34. The summed E-state index contributed by atoms with van der Waals surface area (Å²) < 4.78 is 27.3. The number of benzene rings is 3. The highest BCUT2D eigenvalue weighted by Gasteiger charge is 2.31. The van der Waals surface area contributed by atoms with Crippen molar-refractivity contribution in [2.75, 3.05) is 16.2 Å². The van der Waals surface area contributed by atoms with Crippen LogP contribution in [0.2, 0.25) is 5.02 Å². The molecule has 7 heteroatoms. The Labute approximate surface area is 168 Å². The molecule has 1 aliphatic rings. The average Bonchev–Trinajstić information content (AvgIpc) is 3.13. The summed E-state index contributed by atoms with van der Waals surface area (Å²) in [5, 5.41) is 3.32. The molecule has 1 heterocycles. The molecule has 0 fully saturated rings. The number of halogens is 1. The Morgan fingerprint density at radius 3 is 2.39 bits per heavy atom. The van der Waals surface area contributed by atoms with Crippen LogP contribution in [0.5, 0.6) is 0 Å². The summed E-state index contributed by atoms with van der Waals surface area (Å²) in [7, 11) is -3.68. The van der Waals surface area contributed by atoms with Crippen LogP contribution >= 0.6 is 11.6 Å². The topological polar surface area (TPSA) is 66.5 Å². The molecule has 1 aliphatic heterocycles. The fourth-order valence-corrected chi connectivity index (χ4v) is 4.85. The van der Waals surface area contributed by atoms with Gasteiger partial charge in [-0.05, 0) is 66.6 Å². The van der Waals surface area contributed by atoms with Crippen LogP contribution in [0.1, 0.15) is 15.9 Å². The third-order valence-electron chi connectivity index (χ3n) is 4.63. The number of nitrogens with zero attached hydrogens (tertiary/aromatic N) is 1. The maximum Gasteiger partial charge on any atom is 0.264 e. The number of anilines is 2. The van der Waals surface area contributed by atoms with Gasteiger partial charge in [0.15, 0.2) is 0 Å². The van der Waals surface area contributed by atoms with Crippen LogP contribution in [-0.2, 0) is 16.4 Å². The van der Waals surface area contributed by atoms with E-state index in [0.717, 1.165) is 5.56 Å². The smallest absolute Gasteiger partial charge is 0.264 e. The van der Waals surface area contributed by atoms with E-state index in [1.165, 1.54) is 16.4 Å². The van der Waals surface area contributed by atoms with Gasteiger partial charge in [-0.25, -0.2) is 8.42 Å². The maximum absolute atomic E-state index is 13.0. The zero-order valence-corrected chi connectivity index (χ0v) is 16.4. The molecule has 28 heavy (non-hydrogen) atoms. The van der Waals surface area contributed by atoms with E-state index < -0.39 is 10.0 Å². The minimum atomic E-state index is -3.68. The Morgan fingerprint density at radius 2 is 1.68 bits per heavy atom. The van der Waals surface area contributed by atoms with E-state index in [1.54, 1.807) is 30.3 Å². The number of nitrogens with one attached hydrogen (secondary N) is 1. The van der Waals surface area contributed by atoms with Gasteiger partial charge in [-0.15, -0.1) is 0 Å². The summed E-state index contributed by atoms with van der Waals surface area (Å²) in [4.78, 5) is 12.7. The van der Waals surface area contributed by atoms with Crippen molar-refractivity contribution in [2.45, 2.75) is 11.3 Å². The first-order chi connectivity index (χ1) is 13.4. The minimum Gasteiger partial charge on any atom is -0.322 e. The van der Waals surface area contributed by atoms with Gasteiger partial charge in [-0.3, -0.25) is 9.10 Å². The van der Waals surface area contributed by atoms with Crippen molar-refractivity contribution < 1.29 is 13.2 Å². The van der Waals surface area contributed by atoms with Crippen molar-refractivity contribution in [2.24, 2.45) is 0 Å². The number of sulfonamides is 1. The summed E-state index contributed by atoms with van der Waals surface area (Å²) >= 11 is 5.86. The molecule has 0 bridgehead atoms. The third-order valence-corrected chi connectivity index (χ3v) is 6.71. The fraction of sp³-hybridized carbons (Fsp3) is 0.0952. The molecular weight excluding hydrogens is 396 g/mol. The second-order valence-electron chi connectivity index (χ2n) is 6.44. The summed E-state index contributed by atoms with van der Waals surface area (Å²) in [6.07, 6.45) is 0.550. The van der Waals surface area contributed by atoms with Crippen LogP contribution in [0, 0.1) is 0 Å². The highest BCUT2D eigenvalue weighted by Crippen LogP contribution is 2.34. The number of hydrogen-bond donors (Lipinski definition) is 1. The summed E-state index contributed by atoms with van der Waals surface area (Å²) in [6, 6.07) is 20.4. The van der Waals surface area contributed by atoms with E-state index in [4.69, 9.17) is 11.6 Å². The van der Waals surface area contributed by atoms with Crippen molar-refractivity contribution in [1.29, 1.82) is 0 Å². The van der Waals surface area contributed by atoms with Gasteiger partial charge in [-0.2, -0.15) is 0 Å². The Bertz CT molecular complexity index is 1130. The van der Waals surface area contributed by atoms with Crippen molar-refractivity contribution >= 4 is 38.9 Å². The Morgan fingerprint density at radius 1 is 0.964 bits per heavy atom. The molecule has 0 saturated carbocycles. The Balaban J connectivity index is 1.60. The molecule has 142 valence electrons. The zero-order valence-electron chi connectivity index (χ0n) is 14.8. The monoisotopic (exact) mass is 412 g/mol. The van der Waals surface area contributed by atoms with Gasteiger partial charge >= 0.3 is 0 Å². The van der Waals surface area contributed by atoms with E-state index in [1.807, 2.05) is 30.3 Å². The molecule has 0 unspecified atom stereocenters. The number of amides is 1. The fourth-order valence-electron chi connectivity index (χ4n) is 3.22. The van der Waals surface area contributed by atoms with Gasteiger partial charge in [-0.1, -0.05) is 29.8 Å². The van der Waals surface area contributed by atoms with E-state index in [2.05, 4.69) is 5.32 Å². The molecule has 0 spiro atoms. The largest absolute Gasteiger partial charge is 0.322 e. The van der Waals surface area contributed by atoms with Crippen LogP contribution < -0.4 is 9.62 Å². The van der Waals surface area contributed by atoms with Crippen LogP contribution in [-0.4, -0.2) is 20.9 Å². The van der Waals surface area contributed by atoms with E-state index in [-0.39, 0.29) is 10.8 Å². The first-order valence-electron chi connectivity index (χ1n) is 8.73. The minimum absolute atomic E-state index is 0.190. The van der Waals surface area contributed by atoms with E-state index in [9.17, 15) is 13.2 Å². The summed E-state index contributed by atoms with van der Waals surface area (Å²) in [5.74, 6) is -0.229. The lowest BCUT2D eigenvalue weighted by Crippen LogP contribution is -2.29. The van der Waals surface area contributed by atoms with Gasteiger partial charge in [0.25, 0.3) is 15.9 Å². The molecule has 0 radical (unpaired) electrons. The number of para-hydroxylation sites is 1. The van der Waals surface area contributed by atoms with Gasteiger partial charge in [0.2, 0.25) is 0 Å². The molecular formula is C21H17ClN2O3S. The summed E-state index contributed by atoms with van der Waals surface area (Å²) in [6.45, 7) is 0.337. The average molecular weight is 413 g/mol. The molecule has 0 aromatic heterocycles. The van der Waals surface area contributed by atoms with Crippen molar-refractivity contribution in [3.8, 4) is 0 Å². The lowest BCUT2D eigenvalue weighted by molar-refractivity contribution is 0.102. The highest BCUT2D eigenvalue weighted by atomic mass is 35.5. The molecule has 4 rings (SSSR count). The molecule has 3 aromatic carbocycles. The van der Waals surface area contributed by atoms with Gasteiger partial charge in [0.05, 0.1) is 10.6 Å². The van der Waals surface area contributed by atoms with Crippen LogP contribution in [0.15, 0.2) is 77.7 Å². The van der Waals surface area contributed by atoms with Crippen molar-refractivity contribution in [1.82, 2.24) is 0 Å². The van der Waals surface area contributed by atoms with E-state index in [0.29, 0.717) is 34.9 Å². The van der Waals surface area contributed by atoms with E-state index >= 15 is 0 Å². The SMILES string of the molecule is O=C(Nc1ccccc1)c1ccc2c(c1)CCN2S(=O)(=O)c1ccc(Cl)cc1. The lowest BCUT2D eigenvalue weighted by Gasteiger charge is -2.19. The number of carbonyl (C=O) groups is 1. The quantitative estimate of drug-likeness (QED) is 0.693. The van der Waals surface area contributed by atoms with Crippen LogP contribution in [0.3, 0.4) is 0 Å². The van der Waals surface area contributed by atoms with Crippen LogP contribution in [0.25, 0.3) is 0 Å². The lowest BCUT2D eigenvalue weighted by atomic mass is 10.1. The maximum atomic E-state index is 13.0. The molecule has 0 aliphatic carbocycles. The predicted molar refractivity (Wildman–Crippen MR) is 111 cm³/mol. The molecule has 1 N–H and O–H groups in total. The molecule has 5 nitrogen and oxygen atoms in total. The molecule has 3 aromatic rings. The zero-order chi connectivity index (χ0) is 19.7. The highest BCUT2D eigenvalue weighted by molar-refractivity contribution is 7.92. The Kier molecular flexibility index (Phi) is 4.83. The third kappa shape index (κ3) is 3.48. The molecule has 0 saturated heterocycles. The number of fused-ring (bicyclic) bond motifs is 1. The Hall–Kier alpha value is -2.83. The number of rotatable bonds is 4. The van der Waals surface area contributed by atoms with Gasteiger partial charge in [0.1, 0.15) is 0 Å². The van der Waals surface area contributed by atoms with Crippen molar-refractivity contribution in [3.05, 3.63) is 88.9 Å². The molecule has 0 atom stereocenters. The molecule has 1 amide bonds. The standard InChI is InChI=1S/C21H17ClN2O3S/c22-17-7-9-19(10-8-17)28(26,27)24-13-12-15-14-16(6-11-20(15)24)21(25)23-18-4-2-1-3-5-18/h1-11,14H,12-13H2,(H,23,25). The first kappa shape index (κ1) is 18.5.